The Morgan fingerprint density at radius 2 is 1.90 bits per heavy atom. The lowest BCUT2D eigenvalue weighted by molar-refractivity contribution is 0.0665. The van der Waals surface area contributed by atoms with Gasteiger partial charge < -0.3 is 15.1 Å². The molecule has 2 fully saturated rings. The predicted octanol–water partition coefficient (Wildman–Crippen LogP) is 1.92. The van der Waals surface area contributed by atoms with Crippen LogP contribution in [0, 0.1) is 3.57 Å². The van der Waals surface area contributed by atoms with Gasteiger partial charge in [0.2, 0.25) is 0 Å². The molecular weight excluding hydrogens is 381 g/mol. The fourth-order valence-electron chi connectivity index (χ4n) is 3.02. The first-order valence-corrected chi connectivity index (χ1v) is 8.33. The Balaban J connectivity index is 1.62. The molecule has 2 aliphatic rings. The number of carbonyl (C=O) groups excluding carboxylic acids is 2. The summed E-state index contributed by atoms with van der Waals surface area (Å²) in [6.07, 6.45) is 1.73. The highest BCUT2D eigenvalue weighted by atomic mass is 127. The third-order valence-corrected chi connectivity index (χ3v) is 5.13. The first-order valence-electron chi connectivity index (χ1n) is 7.25. The molecule has 2 aliphatic heterocycles. The summed E-state index contributed by atoms with van der Waals surface area (Å²) in [7, 11) is 0. The highest BCUT2D eigenvalue weighted by molar-refractivity contribution is 14.1. The molecule has 0 unspecified atom stereocenters. The second-order valence-electron chi connectivity index (χ2n) is 5.43. The number of hydrogen-bond donors (Lipinski definition) is 1. The largest absolute Gasteiger partial charge is 0.338 e. The van der Waals surface area contributed by atoms with Gasteiger partial charge in [0.25, 0.3) is 5.91 Å². The molecule has 21 heavy (non-hydrogen) atoms. The lowest BCUT2D eigenvalue weighted by Gasteiger charge is -2.36. The minimum Gasteiger partial charge on any atom is -0.338 e. The van der Waals surface area contributed by atoms with Gasteiger partial charge in [-0.1, -0.05) is 12.1 Å². The van der Waals surface area contributed by atoms with E-state index in [1.807, 2.05) is 34.1 Å². The quantitative estimate of drug-likeness (QED) is 0.773. The molecule has 2 saturated heterocycles. The van der Waals surface area contributed by atoms with Crippen LogP contribution in [-0.2, 0) is 0 Å². The first-order chi connectivity index (χ1) is 10.2. The van der Waals surface area contributed by atoms with E-state index in [4.69, 9.17) is 0 Å². The Labute approximate surface area is 137 Å². The number of urea groups is 1. The van der Waals surface area contributed by atoms with Gasteiger partial charge >= 0.3 is 6.03 Å². The van der Waals surface area contributed by atoms with Crippen molar-refractivity contribution in [1.29, 1.82) is 0 Å². The van der Waals surface area contributed by atoms with Crippen molar-refractivity contribution in [3.8, 4) is 0 Å². The minimum atomic E-state index is 0.0392. The molecule has 112 valence electrons. The molecule has 5 nitrogen and oxygen atoms in total. The zero-order valence-corrected chi connectivity index (χ0v) is 13.9. The van der Waals surface area contributed by atoms with Crippen molar-refractivity contribution in [3.63, 3.8) is 0 Å². The Morgan fingerprint density at radius 3 is 2.52 bits per heavy atom. The molecule has 3 rings (SSSR count). The number of nitrogens with zero attached hydrogens (tertiary/aromatic N) is 2. The summed E-state index contributed by atoms with van der Waals surface area (Å²) in [5.41, 5.74) is 0.774. The lowest BCUT2D eigenvalue weighted by atomic mass is 10.0. The molecule has 1 aromatic carbocycles. The monoisotopic (exact) mass is 399 g/mol. The summed E-state index contributed by atoms with van der Waals surface area (Å²) in [6, 6.07) is 7.98. The van der Waals surface area contributed by atoms with E-state index in [1.165, 1.54) is 0 Å². The van der Waals surface area contributed by atoms with E-state index in [0.29, 0.717) is 0 Å². The summed E-state index contributed by atoms with van der Waals surface area (Å²) < 4.78 is 0.987. The van der Waals surface area contributed by atoms with E-state index in [0.717, 1.165) is 48.2 Å². The van der Waals surface area contributed by atoms with Crippen LogP contribution in [0.25, 0.3) is 0 Å². The molecular formula is C15H18IN3O2. The van der Waals surface area contributed by atoms with E-state index in [1.54, 1.807) is 0 Å². The molecule has 2 heterocycles. The number of nitrogens with one attached hydrogen (secondary N) is 1. The molecule has 1 N–H and O–H groups in total. The summed E-state index contributed by atoms with van der Waals surface area (Å²) in [4.78, 5) is 28.0. The molecule has 0 radical (unpaired) electrons. The molecule has 1 aromatic rings. The van der Waals surface area contributed by atoms with Crippen LogP contribution < -0.4 is 5.32 Å². The fourth-order valence-corrected chi connectivity index (χ4v) is 3.64. The smallest absolute Gasteiger partial charge is 0.317 e. The second kappa shape index (κ2) is 6.21. The van der Waals surface area contributed by atoms with Crippen LogP contribution in [0.5, 0.6) is 0 Å². The Morgan fingerprint density at radius 1 is 1.19 bits per heavy atom. The number of piperidine rings is 1. The number of hydrogen-bond acceptors (Lipinski definition) is 2. The van der Waals surface area contributed by atoms with Gasteiger partial charge in [-0.25, -0.2) is 4.79 Å². The van der Waals surface area contributed by atoms with Crippen LogP contribution in [0.4, 0.5) is 4.79 Å². The van der Waals surface area contributed by atoms with E-state index < -0.39 is 0 Å². The molecule has 6 heteroatoms. The standard InChI is InChI=1S/C15H18IN3O2/c16-13-4-2-1-3-12(13)14(20)18-8-5-11(6-9-18)19-10-7-17-15(19)21/h1-4,11H,5-10H2,(H,17,21). The second-order valence-corrected chi connectivity index (χ2v) is 6.59. The molecule has 3 amide bonds. The van der Waals surface area contributed by atoms with Crippen molar-refractivity contribution in [3.05, 3.63) is 33.4 Å². The van der Waals surface area contributed by atoms with Gasteiger partial charge in [0.1, 0.15) is 0 Å². The molecule has 0 bridgehead atoms. The number of amides is 3. The van der Waals surface area contributed by atoms with Gasteiger partial charge in [-0.2, -0.15) is 0 Å². The maximum absolute atomic E-state index is 12.5. The number of likely N-dealkylation sites (tertiary alicyclic amines) is 1. The summed E-state index contributed by atoms with van der Waals surface area (Å²) in [5, 5.41) is 2.84. The molecule has 0 aliphatic carbocycles. The average Bonchev–Trinajstić information content (AvgIpc) is 2.93. The average molecular weight is 399 g/mol. The maximum atomic E-state index is 12.5. The first kappa shape index (κ1) is 14.6. The maximum Gasteiger partial charge on any atom is 0.317 e. The minimum absolute atomic E-state index is 0.0392. The van der Waals surface area contributed by atoms with Gasteiger partial charge in [-0.05, 0) is 47.6 Å². The lowest BCUT2D eigenvalue weighted by Crippen LogP contribution is -2.47. The zero-order valence-electron chi connectivity index (χ0n) is 11.7. The van der Waals surface area contributed by atoms with Crippen molar-refractivity contribution in [2.45, 2.75) is 18.9 Å². The van der Waals surface area contributed by atoms with Gasteiger partial charge in [0, 0.05) is 35.8 Å². The zero-order chi connectivity index (χ0) is 14.8. The number of benzene rings is 1. The fraction of sp³-hybridized carbons (Fsp3) is 0.467. The molecule has 0 aromatic heterocycles. The van der Waals surface area contributed by atoms with E-state index in [9.17, 15) is 9.59 Å². The SMILES string of the molecule is O=C(c1ccccc1I)N1CCC(N2CCNC2=O)CC1. The van der Waals surface area contributed by atoms with Crippen LogP contribution in [0.3, 0.4) is 0 Å². The number of rotatable bonds is 2. The van der Waals surface area contributed by atoms with Crippen LogP contribution in [0.2, 0.25) is 0 Å². The van der Waals surface area contributed by atoms with E-state index >= 15 is 0 Å². The van der Waals surface area contributed by atoms with E-state index in [2.05, 4.69) is 27.9 Å². The van der Waals surface area contributed by atoms with Crippen molar-refractivity contribution < 1.29 is 9.59 Å². The topological polar surface area (TPSA) is 52.7 Å². The Hall–Kier alpha value is -1.31. The number of carbonyl (C=O) groups is 2. The summed E-state index contributed by atoms with van der Waals surface area (Å²) in [5.74, 6) is 0.101. The summed E-state index contributed by atoms with van der Waals surface area (Å²) in [6.45, 7) is 2.96. The van der Waals surface area contributed by atoms with Crippen LogP contribution >= 0.6 is 22.6 Å². The van der Waals surface area contributed by atoms with Crippen molar-refractivity contribution >= 4 is 34.5 Å². The van der Waals surface area contributed by atoms with Crippen molar-refractivity contribution in [2.75, 3.05) is 26.2 Å². The Bertz CT molecular complexity index is 556. The van der Waals surface area contributed by atoms with Crippen molar-refractivity contribution in [2.24, 2.45) is 0 Å². The highest BCUT2D eigenvalue weighted by Crippen LogP contribution is 2.21. The third-order valence-electron chi connectivity index (χ3n) is 4.19. The van der Waals surface area contributed by atoms with Gasteiger partial charge in [-0.3, -0.25) is 4.79 Å². The molecule has 0 spiro atoms. The van der Waals surface area contributed by atoms with Crippen LogP contribution in [0.1, 0.15) is 23.2 Å². The van der Waals surface area contributed by atoms with Gasteiger partial charge in [0.05, 0.1) is 5.56 Å². The number of halogens is 1. The summed E-state index contributed by atoms with van der Waals surface area (Å²) >= 11 is 2.20. The highest BCUT2D eigenvalue weighted by Gasteiger charge is 2.32. The Kier molecular flexibility index (Phi) is 4.32. The van der Waals surface area contributed by atoms with E-state index in [-0.39, 0.29) is 18.0 Å². The third kappa shape index (κ3) is 3.00. The molecule has 0 atom stereocenters. The van der Waals surface area contributed by atoms with Crippen molar-refractivity contribution in [1.82, 2.24) is 15.1 Å². The molecule has 0 saturated carbocycles. The van der Waals surface area contributed by atoms with Gasteiger partial charge in [-0.15, -0.1) is 0 Å². The normalized spacial score (nSPS) is 19.8. The van der Waals surface area contributed by atoms with Crippen LogP contribution in [0.15, 0.2) is 24.3 Å². The van der Waals surface area contributed by atoms with Crippen LogP contribution in [-0.4, -0.2) is 54.0 Å². The predicted molar refractivity (Wildman–Crippen MR) is 88.2 cm³/mol. The van der Waals surface area contributed by atoms with Gasteiger partial charge in [0.15, 0.2) is 0 Å².